The first-order chi connectivity index (χ1) is 6.11. The minimum atomic E-state index is -0.171. The van der Waals surface area contributed by atoms with Crippen molar-refractivity contribution in [3.8, 4) is 12.3 Å². The monoisotopic (exact) mass is 201 g/mol. The van der Waals surface area contributed by atoms with Crippen LogP contribution < -0.4 is 5.32 Å². The quantitative estimate of drug-likeness (QED) is 0.626. The number of terminal acetylenes is 1. The summed E-state index contributed by atoms with van der Waals surface area (Å²) in [6, 6.07) is 0. The van der Waals surface area contributed by atoms with E-state index in [2.05, 4.69) is 11.2 Å². The number of aliphatic hydroxyl groups excluding tert-OH is 1. The Hall–Kier alpha value is -0.660. The van der Waals surface area contributed by atoms with Gasteiger partial charge in [0, 0.05) is 5.25 Å². The maximum absolute atomic E-state index is 11.2. The zero-order valence-electron chi connectivity index (χ0n) is 7.91. The van der Waals surface area contributed by atoms with Crippen LogP contribution in [0.2, 0.25) is 0 Å². The Balaban J connectivity index is 3.76. The van der Waals surface area contributed by atoms with Crippen molar-refractivity contribution in [2.75, 3.05) is 13.2 Å². The smallest absolute Gasteiger partial charge is 0.233 e. The molecular weight excluding hydrogens is 186 g/mol. The fraction of sp³-hybridized carbons (Fsp3) is 0.667. The summed E-state index contributed by atoms with van der Waals surface area (Å²) in [6.07, 6.45) is 4.99. The van der Waals surface area contributed by atoms with Gasteiger partial charge in [-0.2, -0.15) is 0 Å². The van der Waals surface area contributed by atoms with Gasteiger partial charge in [0.25, 0.3) is 0 Å². The Morgan fingerprint density at radius 3 is 2.77 bits per heavy atom. The second-order valence-electron chi connectivity index (χ2n) is 2.69. The molecule has 0 aromatic carbocycles. The van der Waals surface area contributed by atoms with Crippen LogP contribution in [-0.4, -0.2) is 34.7 Å². The number of thioether (sulfide) groups is 1. The maximum Gasteiger partial charge on any atom is 0.233 e. The van der Waals surface area contributed by atoms with Gasteiger partial charge in [0.05, 0.1) is 18.4 Å². The highest BCUT2D eigenvalue weighted by Gasteiger charge is 2.15. The molecule has 0 bridgehead atoms. The molecule has 0 saturated carbocycles. The summed E-state index contributed by atoms with van der Waals surface area (Å²) in [4.78, 5) is 11.2. The highest BCUT2D eigenvalue weighted by molar-refractivity contribution is 8.01. The van der Waals surface area contributed by atoms with Crippen molar-refractivity contribution >= 4 is 17.7 Å². The van der Waals surface area contributed by atoms with Gasteiger partial charge < -0.3 is 10.4 Å². The number of carbonyl (C=O) groups excluding carboxylic acids is 1. The molecule has 0 fully saturated rings. The number of hydrogen-bond donors (Lipinski definition) is 2. The van der Waals surface area contributed by atoms with Crippen molar-refractivity contribution < 1.29 is 9.90 Å². The standard InChI is InChI=1S/C9H15NO2S/c1-4-5-10-9(12)8(3)13-7(2)6-11/h1,7-8,11H,5-6H2,2-3H3,(H,10,12). The van der Waals surface area contributed by atoms with E-state index in [1.807, 2.05) is 6.92 Å². The molecule has 0 aromatic heterocycles. The summed E-state index contributed by atoms with van der Waals surface area (Å²) in [5, 5.41) is 11.2. The first-order valence-corrected chi connectivity index (χ1v) is 5.03. The molecule has 2 N–H and O–H groups in total. The molecule has 3 nitrogen and oxygen atoms in total. The Labute approximate surface area is 83.3 Å². The first-order valence-electron chi connectivity index (χ1n) is 4.09. The van der Waals surface area contributed by atoms with Gasteiger partial charge in [-0.25, -0.2) is 0 Å². The van der Waals surface area contributed by atoms with E-state index in [0.29, 0.717) is 0 Å². The van der Waals surface area contributed by atoms with Gasteiger partial charge in [-0.1, -0.05) is 12.8 Å². The second-order valence-corrected chi connectivity index (χ2v) is 4.48. The molecule has 0 rings (SSSR count). The molecule has 2 unspecified atom stereocenters. The summed E-state index contributed by atoms with van der Waals surface area (Å²) in [5.41, 5.74) is 0. The highest BCUT2D eigenvalue weighted by atomic mass is 32.2. The average molecular weight is 201 g/mol. The lowest BCUT2D eigenvalue weighted by Gasteiger charge is -2.14. The van der Waals surface area contributed by atoms with Crippen LogP contribution in [0.5, 0.6) is 0 Å². The molecule has 0 aromatic rings. The van der Waals surface area contributed by atoms with Crippen LogP contribution in [-0.2, 0) is 4.79 Å². The lowest BCUT2D eigenvalue weighted by Crippen LogP contribution is -2.32. The Bertz CT molecular complexity index is 200. The van der Waals surface area contributed by atoms with E-state index in [4.69, 9.17) is 11.5 Å². The van der Waals surface area contributed by atoms with Crippen LogP contribution in [0.15, 0.2) is 0 Å². The molecule has 4 heteroatoms. The zero-order chi connectivity index (χ0) is 10.3. The van der Waals surface area contributed by atoms with Gasteiger partial charge in [-0.15, -0.1) is 18.2 Å². The third-order valence-corrected chi connectivity index (χ3v) is 2.66. The van der Waals surface area contributed by atoms with Crippen molar-refractivity contribution in [1.82, 2.24) is 5.32 Å². The van der Waals surface area contributed by atoms with Crippen LogP contribution in [0.4, 0.5) is 0 Å². The van der Waals surface area contributed by atoms with E-state index in [-0.39, 0.29) is 29.6 Å². The lowest BCUT2D eigenvalue weighted by atomic mass is 10.4. The van der Waals surface area contributed by atoms with Crippen LogP contribution >= 0.6 is 11.8 Å². The number of carbonyl (C=O) groups is 1. The molecule has 0 saturated heterocycles. The molecule has 74 valence electrons. The van der Waals surface area contributed by atoms with E-state index >= 15 is 0 Å². The zero-order valence-corrected chi connectivity index (χ0v) is 8.73. The fourth-order valence-corrected chi connectivity index (χ4v) is 1.73. The maximum atomic E-state index is 11.2. The SMILES string of the molecule is C#CCNC(=O)C(C)SC(C)CO. The third kappa shape index (κ3) is 5.56. The van der Waals surface area contributed by atoms with Crippen molar-refractivity contribution in [2.24, 2.45) is 0 Å². The van der Waals surface area contributed by atoms with Gasteiger partial charge in [-0.05, 0) is 6.92 Å². The topological polar surface area (TPSA) is 49.3 Å². The van der Waals surface area contributed by atoms with E-state index in [1.165, 1.54) is 11.8 Å². The van der Waals surface area contributed by atoms with Crippen LogP contribution in [0.25, 0.3) is 0 Å². The molecule has 1 amide bonds. The van der Waals surface area contributed by atoms with E-state index in [9.17, 15) is 4.79 Å². The number of aliphatic hydroxyl groups is 1. The number of rotatable bonds is 5. The molecular formula is C9H15NO2S. The molecule has 0 aliphatic heterocycles. The van der Waals surface area contributed by atoms with Gasteiger partial charge in [0.1, 0.15) is 0 Å². The van der Waals surface area contributed by atoms with E-state index in [1.54, 1.807) is 6.92 Å². The van der Waals surface area contributed by atoms with Crippen LogP contribution in [0.3, 0.4) is 0 Å². The largest absolute Gasteiger partial charge is 0.395 e. The van der Waals surface area contributed by atoms with E-state index < -0.39 is 0 Å². The fourth-order valence-electron chi connectivity index (χ4n) is 0.735. The predicted molar refractivity (Wildman–Crippen MR) is 55.4 cm³/mol. The molecule has 0 aliphatic rings. The molecule has 0 spiro atoms. The van der Waals surface area contributed by atoms with Gasteiger partial charge in [-0.3, -0.25) is 4.79 Å². The number of hydrogen-bond acceptors (Lipinski definition) is 3. The van der Waals surface area contributed by atoms with Gasteiger partial charge in [0.15, 0.2) is 0 Å². The first kappa shape index (κ1) is 12.3. The molecule has 0 radical (unpaired) electrons. The molecule has 2 atom stereocenters. The molecule has 0 aliphatic carbocycles. The van der Waals surface area contributed by atoms with Crippen molar-refractivity contribution in [3.63, 3.8) is 0 Å². The minimum absolute atomic E-state index is 0.0755. The van der Waals surface area contributed by atoms with Crippen LogP contribution in [0.1, 0.15) is 13.8 Å². The molecule has 0 heterocycles. The summed E-state index contributed by atoms with van der Waals surface area (Å²) in [7, 11) is 0. The second kappa shape index (κ2) is 6.81. The summed E-state index contributed by atoms with van der Waals surface area (Å²) in [6.45, 7) is 4.01. The van der Waals surface area contributed by atoms with Gasteiger partial charge >= 0.3 is 0 Å². The Morgan fingerprint density at radius 2 is 2.31 bits per heavy atom. The average Bonchev–Trinajstić information content (AvgIpc) is 2.13. The summed E-state index contributed by atoms with van der Waals surface area (Å²) < 4.78 is 0. The lowest BCUT2D eigenvalue weighted by molar-refractivity contribution is -0.120. The number of nitrogens with one attached hydrogen (secondary N) is 1. The van der Waals surface area contributed by atoms with Crippen LogP contribution in [0, 0.1) is 12.3 Å². The summed E-state index contributed by atoms with van der Waals surface area (Å²) in [5.74, 6) is 2.25. The predicted octanol–water partition coefficient (Wildman–Crippen LogP) is 0.238. The van der Waals surface area contributed by atoms with E-state index in [0.717, 1.165) is 0 Å². The van der Waals surface area contributed by atoms with Crippen molar-refractivity contribution in [1.29, 1.82) is 0 Å². The summed E-state index contributed by atoms with van der Waals surface area (Å²) >= 11 is 1.43. The third-order valence-electron chi connectivity index (χ3n) is 1.43. The minimum Gasteiger partial charge on any atom is -0.395 e. The van der Waals surface area contributed by atoms with Crippen molar-refractivity contribution in [3.05, 3.63) is 0 Å². The highest BCUT2D eigenvalue weighted by Crippen LogP contribution is 2.16. The van der Waals surface area contributed by atoms with Gasteiger partial charge in [0.2, 0.25) is 5.91 Å². The Kier molecular flexibility index (Phi) is 6.47. The van der Waals surface area contributed by atoms with Crippen molar-refractivity contribution in [2.45, 2.75) is 24.3 Å². The molecule has 13 heavy (non-hydrogen) atoms. The Morgan fingerprint density at radius 1 is 1.69 bits per heavy atom. The number of amides is 1. The normalized spacial score (nSPS) is 14.3.